The lowest BCUT2D eigenvalue weighted by molar-refractivity contribution is 0.800. The summed E-state index contributed by atoms with van der Waals surface area (Å²) in [4.78, 5) is 9.37. The zero-order valence-corrected chi connectivity index (χ0v) is 14.3. The van der Waals surface area contributed by atoms with Gasteiger partial charge in [-0.15, -0.1) is 0 Å². The number of hydrogen-bond donors (Lipinski definition) is 1. The summed E-state index contributed by atoms with van der Waals surface area (Å²) in [6.07, 6.45) is 3.89. The molecule has 1 N–H and O–H groups in total. The number of rotatable bonds is 7. The second-order valence-corrected chi connectivity index (χ2v) is 5.81. The summed E-state index contributed by atoms with van der Waals surface area (Å²) < 4.78 is 1.01. The summed E-state index contributed by atoms with van der Waals surface area (Å²) >= 11 is 3.63. The van der Waals surface area contributed by atoms with Crippen LogP contribution in [0.15, 0.2) is 34.8 Å². The summed E-state index contributed by atoms with van der Waals surface area (Å²) in [5.41, 5.74) is 2.43. The van der Waals surface area contributed by atoms with Crippen LogP contribution in [0.3, 0.4) is 0 Å². The van der Waals surface area contributed by atoms with E-state index in [-0.39, 0.29) is 0 Å². The van der Waals surface area contributed by atoms with E-state index in [1.54, 1.807) is 0 Å². The SMILES string of the molecule is CCCc1nc(CCc2ccccc2)nc(NCC)c1Br. The van der Waals surface area contributed by atoms with E-state index in [0.29, 0.717) is 0 Å². The van der Waals surface area contributed by atoms with Gasteiger partial charge in [0.25, 0.3) is 0 Å². The van der Waals surface area contributed by atoms with Crippen LogP contribution in [0.5, 0.6) is 0 Å². The van der Waals surface area contributed by atoms with Crippen LogP contribution in [0.25, 0.3) is 0 Å². The Hall–Kier alpha value is -1.42. The molecular weight excluding hydrogens is 326 g/mol. The zero-order valence-electron chi connectivity index (χ0n) is 12.7. The molecule has 0 bridgehead atoms. The normalized spacial score (nSPS) is 10.6. The molecule has 1 aromatic heterocycles. The molecule has 0 aliphatic rings. The minimum absolute atomic E-state index is 0.860. The Balaban J connectivity index is 2.18. The monoisotopic (exact) mass is 347 g/mol. The largest absolute Gasteiger partial charge is 0.369 e. The van der Waals surface area contributed by atoms with Crippen molar-refractivity contribution in [2.24, 2.45) is 0 Å². The van der Waals surface area contributed by atoms with Gasteiger partial charge in [0.1, 0.15) is 11.6 Å². The molecule has 0 saturated carbocycles. The lowest BCUT2D eigenvalue weighted by atomic mass is 10.1. The highest BCUT2D eigenvalue weighted by molar-refractivity contribution is 9.10. The molecule has 1 heterocycles. The summed E-state index contributed by atoms with van der Waals surface area (Å²) in [5.74, 6) is 1.83. The standard InChI is InChI=1S/C17H22BrN3/c1-3-8-14-16(18)17(19-4-2)21-15(20-14)12-11-13-9-6-5-7-10-13/h5-7,9-10H,3-4,8,11-12H2,1-2H3,(H,19,20,21). The maximum absolute atomic E-state index is 4.72. The Morgan fingerprint density at radius 3 is 2.43 bits per heavy atom. The molecule has 112 valence electrons. The third-order valence-corrected chi connectivity index (χ3v) is 4.11. The second-order valence-electron chi connectivity index (χ2n) is 5.02. The number of nitrogens with zero attached hydrogens (tertiary/aromatic N) is 2. The van der Waals surface area contributed by atoms with Gasteiger partial charge in [-0.05, 0) is 41.3 Å². The molecule has 0 aliphatic carbocycles. The van der Waals surface area contributed by atoms with Crippen LogP contribution in [0, 0.1) is 0 Å². The van der Waals surface area contributed by atoms with Gasteiger partial charge in [0.15, 0.2) is 0 Å². The molecule has 4 heteroatoms. The third-order valence-electron chi connectivity index (χ3n) is 3.28. The van der Waals surface area contributed by atoms with Crippen LogP contribution in [0.1, 0.15) is 37.4 Å². The Labute approximate surface area is 135 Å². The third kappa shape index (κ3) is 4.53. The van der Waals surface area contributed by atoms with Crippen molar-refractivity contribution in [3.05, 3.63) is 51.9 Å². The van der Waals surface area contributed by atoms with Crippen molar-refractivity contribution in [3.63, 3.8) is 0 Å². The highest BCUT2D eigenvalue weighted by atomic mass is 79.9. The van der Waals surface area contributed by atoms with E-state index >= 15 is 0 Å². The molecule has 0 unspecified atom stereocenters. The average Bonchev–Trinajstić information content (AvgIpc) is 2.51. The van der Waals surface area contributed by atoms with Crippen LogP contribution in [-0.4, -0.2) is 16.5 Å². The molecule has 2 aromatic rings. The molecule has 1 aromatic carbocycles. The van der Waals surface area contributed by atoms with Crippen molar-refractivity contribution in [1.29, 1.82) is 0 Å². The lowest BCUT2D eigenvalue weighted by Gasteiger charge is -2.12. The Morgan fingerprint density at radius 2 is 1.76 bits per heavy atom. The number of nitrogens with one attached hydrogen (secondary N) is 1. The van der Waals surface area contributed by atoms with Crippen molar-refractivity contribution in [1.82, 2.24) is 9.97 Å². The van der Waals surface area contributed by atoms with Crippen LogP contribution in [-0.2, 0) is 19.3 Å². The van der Waals surface area contributed by atoms with Gasteiger partial charge in [0.05, 0.1) is 10.2 Å². The molecule has 0 fully saturated rings. The molecule has 0 saturated heterocycles. The first-order valence-electron chi connectivity index (χ1n) is 7.57. The lowest BCUT2D eigenvalue weighted by Crippen LogP contribution is -2.09. The minimum Gasteiger partial charge on any atom is -0.369 e. The van der Waals surface area contributed by atoms with Crippen molar-refractivity contribution >= 4 is 21.7 Å². The van der Waals surface area contributed by atoms with E-state index in [1.807, 2.05) is 6.07 Å². The number of anilines is 1. The molecule has 0 amide bonds. The van der Waals surface area contributed by atoms with Gasteiger partial charge in [-0.2, -0.15) is 0 Å². The van der Waals surface area contributed by atoms with Crippen LogP contribution < -0.4 is 5.32 Å². The fraction of sp³-hybridized carbons (Fsp3) is 0.412. The number of aromatic nitrogens is 2. The van der Waals surface area contributed by atoms with E-state index in [4.69, 9.17) is 4.98 Å². The van der Waals surface area contributed by atoms with Gasteiger partial charge in [0.2, 0.25) is 0 Å². The summed E-state index contributed by atoms with van der Waals surface area (Å²) in [7, 11) is 0. The molecular formula is C17H22BrN3. The quantitative estimate of drug-likeness (QED) is 0.805. The van der Waals surface area contributed by atoms with Crippen molar-refractivity contribution in [2.75, 3.05) is 11.9 Å². The second kappa shape index (κ2) is 8.13. The molecule has 0 radical (unpaired) electrons. The van der Waals surface area contributed by atoms with Crippen LogP contribution >= 0.6 is 15.9 Å². The van der Waals surface area contributed by atoms with E-state index in [9.17, 15) is 0 Å². The molecule has 2 rings (SSSR count). The number of aryl methyl sites for hydroxylation is 3. The van der Waals surface area contributed by atoms with Crippen LogP contribution in [0.2, 0.25) is 0 Å². The molecule has 0 atom stereocenters. The summed E-state index contributed by atoms with van der Waals surface area (Å²) in [6.45, 7) is 5.11. The van der Waals surface area contributed by atoms with E-state index in [1.165, 1.54) is 5.56 Å². The first-order valence-corrected chi connectivity index (χ1v) is 8.37. The van der Waals surface area contributed by atoms with Crippen molar-refractivity contribution in [3.8, 4) is 0 Å². The number of halogens is 1. The number of benzene rings is 1. The van der Waals surface area contributed by atoms with Crippen LogP contribution in [0.4, 0.5) is 5.82 Å². The molecule has 0 aliphatic heterocycles. The minimum atomic E-state index is 0.860. The first kappa shape index (κ1) is 16.0. The van der Waals surface area contributed by atoms with Crippen molar-refractivity contribution < 1.29 is 0 Å². The zero-order chi connectivity index (χ0) is 15.1. The van der Waals surface area contributed by atoms with E-state index < -0.39 is 0 Å². The molecule has 0 spiro atoms. The van der Waals surface area contributed by atoms with Gasteiger partial charge in [0, 0.05) is 13.0 Å². The maximum Gasteiger partial charge on any atom is 0.144 e. The fourth-order valence-electron chi connectivity index (χ4n) is 2.24. The first-order chi connectivity index (χ1) is 10.2. The van der Waals surface area contributed by atoms with Gasteiger partial charge < -0.3 is 5.32 Å². The smallest absolute Gasteiger partial charge is 0.144 e. The highest BCUT2D eigenvalue weighted by Gasteiger charge is 2.11. The Kier molecular flexibility index (Phi) is 6.18. The Bertz CT molecular complexity index is 542. The fourth-order valence-corrected chi connectivity index (χ4v) is 2.76. The van der Waals surface area contributed by atoms with Gasteiger partial charge in [-0.25, -0.2) is 9.97 Å². The van der Waals surface area contributed by atoms with E-state index in [0.717, 1.165) is 54.0 Å². The molecule has 21 heavy (non-hydrogen) atoms. The number of hydrogen-bond acceptors (Lipinski definition) is 3. The predicted molar refractivity (Wildman–Crippen MR) is 91.7 cm³/mol. The van der Waals surface area contributed by atoms with Gasteiger partial charge in [-0.1, -0.05) is 43.7 Å². The van der Waals surface area contributed by atoms with Gasteiger partial charge in [-0.3, -0.25) is 0 Å². The van der Waals surface area contributed by atoms with Crippen molar-refractivity contribution in [2.45, 2.75) is 39.5 Å². The topological polar surface area (TPSA) is 37.8 Å². The summed E-state index contributed by atoms with van der Waals surface area (Å²) in [6, 6.07) is 10.5. The highest BCUT2D eigenvalue weighted by Crippen LogP contribution is 2.25. The molecule has 3 nitrogen and oxygen atoms in total. The maximum atomic E-state index is 4.72. The van der Waals surface area contributed by atoms with Gasteiger partial charge >= 0.3 is 0 Å². The average molecular weight is 348 g/mol. The summed E-state index contributed by atoms with van der Waals surface area (Å²) in [5, 5.41) is 3.32. The predicted octanol–water partition coefficient (Wildman–Crippen LogP) is 4.41. The Morgan fingerprint density at radius 1 is 1.00 bits per heavy atom. The van der Waals surface area contributed by atoms with E-state index in [2.05, 4.69) is 64.3 Å².